The number of aromatic nitrogens is 3. The van der Waals surface area contributed by atoms with E-state index < -0.39 is 0 Å². The molecule has 0 spiro atoms. The number of aliphatic hydroxyl groups excluding tert-OH is 1. The zero-order valence-corrected chi connectivity index (χ0v) is 10.7. The van der Waals surface area contributed by atoms with Gasteiger partial charge in [-0.1, -0.05) is 18.2 Å². The molecule has 0 unspecified atom stereocenters. The van der Waals surface area contributed by atoms with Crippen LogP contribution in [0.2, 0.25) is 0 Å². The van der Waals surface area contributed by atoms with Gasteiger partial charge in [0.2, 0.25) is 0 Å². The summed E-state index contributed by atoms with van der Waals surface area (Å²) in [6, 6.07) is 5.97. The quantitative estimate of drug-likeness (QED) is 0.917. The zero-order valence-electron chi connectivity index (χ0n) is 9.11. The van der Waals surface area contributed by atoms with E-state index in [-0.39, 0.29) is 6.61 Å². The van der Waals surface area contributed by atoms with Crippen molar-refractivity contribution in [3.8, 4) is 11.4 Å². The van der Waals surface area contributed by atoms with Gasteiger partial charge in [-0.3, -0.25) is 0 Å². The van der Waals surface area contributed by atoms with Gasteiger partial charge in [0.15, 0.2) is 11.6 Å². The number of aliphatic hydroxyl groups is 1. The first kappa shape index (κ1) is 11.3. The third-order valence-electron chi connectivity index (χ3n) is 2.54. The molecule has 5 heteroatoms. The molecule has 1 aromatic heterocycles. The highest BCUT2D eigenvalue weighted by Gasteiger charge is 2.13. The van der Waals surface area contributed by atoms with Gasteiger partial charge in [-0.2, -0.15) is 0 Å². The molecule has 0 aliphatic carbocycles. The lowest BCUT2D eigenvalue weighted by Crippen LogP contribution is -1.99. The maximum absolute atomic E-state index is 9.07. The maximum Gasteiger partial charge on any atom is 0.164 e. The van der Waals surface area contributed by atoms with Crippen LogP contribution in [0, 0.1) is 6.92 Å². The first-order valence-corrected chi connectivity index (χ1v) is 5.69. The molecule has 84 valence electrons. The second kappa shape index (κ2) is 4.35. The molecule has 0 saturated carbocycles. The molecule has 4 nitrogen and oxygen atoms in total. The van der Waals surface area contributed by atoms with Crippen molar-refractivity contribution >= 4 is 15.9 Å². The summed E-state index contributed by atoms with van der Waals surface area (Å²) in [5.74, 6) is 1.31. The molecule has 16 heavy (non-hydrogen) atoms. The molecule has 0 saturated heterocycles. The van der Waals surface area contributed by atoms with Gasteiger partial charge < -0.3 is 9.67 Å². The molecular weight excluding hydrogens is 270 g/mol. The molecule has 1 aromatic carbocycles. The Kier molecular flexibility index (Phi) is 3.07. The van der Waals surface area contributed by atoms with Gasteiger partial charge in [0, 0.05) is 17.1 Å². The average molecular weight is 282 g/mol. The first-order valence-electron chi connectivity index (χ1n) is 4.89. The van der Waals surface area contributed by atoms with Gasteiger partial charge in [0.05, 0.1) is 0 Å². The number of aryl methyl sites for hydroxylation is 1. The highest BCUT2D eigenvalue weighted by Crippen LogP contribution is 2.29. The fourth-order valence-electron chi connectivity index (χ4n) is 1.55. The molecule has 0 aliphatic rings. The number of nitrogens with zero attached hydrogens (tertiary/aromatic N) is 3. The van der Waals surface area contributed by atoms with Crippen molar-refractivity contribution in [2.45, 2.75) is 13.5 Å². The van der Waals surface area contributed by atoms with Crippen molar-refractivity contribution in [3.63, 3.8) is 0 Å². The predicted octanol–water partition coefficient (Wildman–Crippen LogP) is 2.05. The Morgan fingerprint density at radius 3 is 2.75 bits per heavy atom. The molecule has 0 amide bonds. The van der Waals surface area contributed by atoms with Crippen LogP contribution < -0.4 is 0 Å². The smallest absolute Gasteiger partial charge is 0.164 e. The molecular formula is C11H12BrN3O. The Labute approximate surface area is 102 Å². The molecule has 1 heterocycles. The molecule has 0 atom stereocenters. The van der Waals surface area contributed by atoms with Crippen molar-refractivity contribution in [3.05, 3.63) is 34.1 Å². The van der Waals surface area contributed by atoms with Gasteiger partial charge in [0.1, 0.15) is 6.61 Å². The fraction of sp³-hybridized carbons (Fsp3) is 0.273. The average Bonchev–Trinajstić information content (AvgIpc) is 2.64. The lowest BCUT2D eigenvalue weighted by molar-refractivity contribution is 0.267. The highest BCUT2D eigenvalue weighted by molar-refractivity contribution is 9.10. The lowest BCUT2D eigenvalue weighted by atomic mass is 10.1. The van der Waals surface area contributed by atoms with E-state index in [9.17, 15) is 0 Å². The normalized spacial score (nSPS) is 10.8. The minimum atomic E-state index is -0.104. The largest absolute Gasteiger partial charge is 0.388 e. The van der Waals surface area contributed by atoms with Crippen LogP contribution in [0.1, 0.15) is 11.4 Å². The predicted molar refractivity (Wildman–Crippen MR) is 64.8 cm³/mol. The molecule has 0 aliphatic heterocycles. The van der Waals surface area contributed by atoms with Gasteiger partial charge in [-0.05, 0) is 28.4 Å². The highest BCUT2D eigenvalue weighted by atomic mass is 79.9. The van der Waals surface area contributed by atoms with E-state index in [2.05, 4.69) is 26.1 Å². The summed E-state index contributed by atoms with van der Waals surface area (Å²) in [7, 11) is 1.84. The number of halogens is 1. The van der Waals surface area contributed by atoms with Gasteiger partial charge in [0.25, 0.3) is 0 Å². The lowest BCUT2D eigenvalue weighted by Gasteiger charge is -2.06. The monoisotopic (exact) mass is 281 g/mol. The fourth-order valence-corrected chi connectivity index (χ4v) is 2.00. The van der Waals surface area contributed by atoms with Gasteiger partial charge in [-0.25, -0.2) is 0 Å². The minimum absolute atomic E-state index is 0.104. The van der Waals surface area contributed by atoms with Gasteiger partial charge >= 0.3 is 0 Å². The van der Waals surface area contributed by atoms with Crippen molar-refractivity contribution < 1.29 is 5.11 Å². The minimum Gasteiger partial charge on any atom is -0.388 e. The summed E-state index contributed by atoms with van der Waals surface area (Å²) in [4.78, 5) is 0. The Bertz CT molecular complexity index is 522. The Balaban J connectivity index is 2.59. The van der Waals surface area contributed by atoms with Crippen LogP contribution >= 0.6 is 15.9 Å². The summed E-state index contributed by atoms with van der Waals surface area (Å²) in [6.07, 6.45) is 0. The zero-order chi connectivity index (χ0) is 11.7. The van der Waals surface area contributed by atoms with E-state index >= 15 is 0 Å². The maximum atomic E-state index is 9.07. The van der Waals surface area contributed by atoms with Crippen LogP contribution in [-0.4, -0.2) is 19.9 Å². The summed E-state index contributed by atoms with van der Waals surface area (Å²) in [5, 5.41) is 17.1. The van der Waals surface area contributed by atoms with E-state index in [1.165, 1.54) is 0 Å². The summed E-state index contributed by atoms with van der Waals surface area (Å²) in [6.45, 7) is 1.92. The Morgan fingerprint density at radius 2 is 2.12 bits per heavy atom. The van der Waals surface area contributed by atoms with Crippen molar-refractivity contribution in [2.24, 2.45) is 7.05 Å². The number of hydrogen-bond acceptors (Lipinski definition) is 3. The van der Waals surface area contributed by atoms with Crippen LogP contribution in [0.3, 0.4) is 0 Å². The number of benzene rings is 1. The SMILES string of the molecule is Cc1cccc(-c2nnc(CO)n2C)c1Br. The second-order valence-electron chi connectivity index (χ2n) is 3.59. The Hall–Kier alpha value is -1.20. The third kappa shape index (κ3) is 1.76. The topological polar surface area (TPSA) is 50.9 Å². The standard InChI is InChI=1S/C11H12BrN3O/c1-7-4-3-5-8(10(7)12)11-14-13-9(6-16)15(11)2/h3-5,16H,6H2,1-2H3. The van der Waals surface area contributed by atoms with E-state index in [0.29, 0.717) is 5.82 Å². The molecule has 1 N–H and O–H groups in total. The first-order chi connectivity index (χ1) is 7.65. The van der Waals surface area contributed by atoms with E-state index in [0.717, 1.165) is 21.4 Å². The summed E-state index contributed by atoms with van der Waals surface area (Å²) < 4.78 is 2.80. The van der Waals surface area contributed by atoms with Crippen LogP contribution in [0.4, 0.5) is 0 Å². The molecule has 0 radical (unpaired) electrons. The van der Waals surface area contributed by atoms with E-state index in [1.54, 1.807) is 4.57 Å². The van der Waals surface area contributed by atoms with E-state index in [4.69, 9.17) is 5.11 Å². The van der Waals surface area contributed by atoms with Crippen molar-refractivity contribution in [1.82, 2.24) is 14.8 Å². The van der Waals surface area contributed by atoms with Crippen LogP contribution in [0.5, 0.6) is 0 Å². The molecule has 2 aromatic rings. The Morgan fingerprint density at radius 1 is 1.38 bits per heavy atom. The van der Waals surface area contributed by atoms with Crippen LogP contribution in [0.15, 0.2) is 22.7 Å². The summed E-state index contributed by atoms with van der Waals surface area (Å²) in [5.41, 5.74) is 2.13. The summed E-state index contributed by atoms with van der Waals surface area (Å²) >= 11 is 3.54. The van der Waals surface area contributed by atoms with Crippen LogP contribution in [-0.2, 0) is 13.7 Å². The number of rotatable bonds is 2. The molecule has 2 rings (SSSR count). The second-order valence-corrected chi connectivity index (χ2v) is 4.39. The van der Waals surface area contributed by atoms with Gasteiger partial charge in [-0.15, -0.1) is 10.2 Å². The van der Waals surface area contributed by atoms with E-state index in [1.807, 2.05) is 32.2 Å². The molecule has 0 bridgehead atoms. The number of hydrogen-bond donors (Lipinski definition) is 1. The van der Waals surface area contributed by atoms with Crippen LogP contribution in [0.25, 0.3) is 11.4 Å². The third-order valence-corrected chi connectivity index (χ3v) is 3.59. The van der Waals surface area contributed by atoms with Crippen molar-refractivity contribution in [1.29, 1.82) is 0 Å². The molecule has 0 fully saturated rings. The van der Waals surface area contributed by atoms with Crippen molar-refractivity contribution in [2.75, 3.05) is 0 Å².